The van der Waals surface area contributed by atoms with Gasteiger partial charge in [-0.05, 0) is 38.5 Å². The van der Waals surface area contributed by atoms with Crippen LogP contribution in [0.25, 0.3) is 0 Å². The number of aliphatic hydroxyl groups excluding tert-OH is 1. The van der Waals surface area contributed by atoms with Gasteiger partial charge in [0.15, 0.2) is 0 Å². The summed E-state index contributed by atoms with van der Waals surface area (Å²) in [5.41, 5.74) is 0.214. The number of hydrogen-bond donors (Lipinski definition) is 2. The molecule has 106 valence electrons. The number of nitrogens with zero attached hydrogens (tertiary/aromatic N) is 1. The maximum absolute atomic E-state index is 12.4. The Kier molecular flexibility index (Phi) is 5.63. The minimum Gasteiger partial charge on any atom is -0.507 e. The van der Waals surface area contributed by atoms with Gasteiger partial charge in [0.1, 0.15) is 11.5 Å². The summed E-state index contributed by atoms with van der Waals surface area (Å²) < 4.78 is 5.06. The molecule has 5 nitrogen and oxygen atoms in total. The minimum atomic E-state index is -0.264. The number of aliphatic hydroxyl groups is 1. The van der Waals surface area contributed by atoms with Crippen molar-refractivity contribution in [2.75, 3.05) is 20.3 Å². The van der Waals surface area contributed by atoms with Crippen molar-refractivity contribution in [1.29, 1.82) is 0 Å². The van der Waals surface area contributed by atoms with Gasteiger partial charge in [0.25, 0.3) is 5.91 Å². The van der Waals surface area contributed by atoms with Gasteiger partial charge in [-0.3, -0.25) is 4.79 Å². The molecule has 0 unspecified atom stereocenters. The molecular weight excluding hydrogens is 246 g/mol. The zero-order valence-electron chi connectivity index (χ0n) is 11.6. The second-order valence-electron chi connectivity index (χ2n) is 4.55. The first-order valence-electron chi connectivity index (χ1n) is 6.30. The van der Waals surface area contributed by atoms with E-state index in [9.17, 15) is 9.90 Å². The molecule has 19 heavy (non-hydrogen) atoms. The summed E-state index contributed by atoms with van der Waals surface area (Å²) >= 11 is 0. The smallest absolute Gasteiger partial charge is 0.257 e. The largest absolute Gasteiger partial charge is 0.507 e. The average Bonchev–Trinajstić information content (AvgIpc) is 2.39. The summed E-state index contributed by atoms with van der Waals surface area (Å²) in [6.07, 6.45) is 0.509. The molecule has 0 heterocycles. The number of hydrogen-bond acceptors (Lipinski definition) is 4. The highest BCUT2D eigenvalue weighted by Crippen LogP contribution is 2.25. The number of carbonyl (C=O) groups is 1. The molecule has 0 spiro atoms. The second-order valence-corrected chi connectivity index (χ2v) is 4.55. The van der Waals surface area contributed by atoms with Crippen molar-refractivity contribution in [3.63, 3.8) is 0 Å². The number of aromatic hydroxyl groups is 1. The Morgan fingerprint density at radius 3 is 2.63 bits per heavy atom. The van der Waals surface area contributed by atoms with E-state index in [-0.39, 0.29) is 29.9 Å². The van der Waals surface area contributed by atoms with Gasteiger partial charge < -0.3 is 19.8 Å². The van der Waals surface area contributed by atoms with Crippen molar-refractivity contribution in [3.8, 4) is 11.5 Å². The molecule has 5 heteroatoms. The first kappa shape index (κ1) is 15.3. The number of carbonyl (C=O) groups excluding carboxylic acids is 1. The number of rotatable bonds is 6. The van der Waals surface area contributed by atoms with Crippen LogP contribution in [0.2, 0.25) is 0 Å². The number of amides is 1. The van der Waals surface area contributed by atoms with Gasteiger partial charge >= 0.3 is 0 Å². The lowest BCUT2D eigenvalue weighted by molar-refractivity contribution is 0.0689. The Bertz CT molecular complexity index is 431. The van der Waals surface area contributed by atoms with Crippen LogP contribution in [0.3, 0.4) is 0 Å². The molecule has 0 aromatic heterocycles. The van der Waals surface area contributed by atoms with Crippen molar-refractivity contribution >= 4 is 5.91 Å². The Morgan fingerprint density at radius 2 is 2.11 bits per heavy atom. The Balaban J connectivity index is 3.01. The number of phenolic OH excluding ortho intramolecular Hbond substituents is 1. The van der Waals surface area contributed by atoms with E-state index in [1.165, 1.54) is 19.2 Å². The molecule has 2 N–H and O–H groups in total. The van der Waals surface area contributed by atoms with Crippen LogP contribution in [-0.2, 0) is 0 Å². The minimum absolute atomic E-state index is 0.00958. The SMILES string of the molecule is COc1ccc(O)c(C(=O)N(CCCO)C(C)C)c1. The molecule has 0 fully saturated rings. The topological polar surface area (TPSA) is 70.0 Å². The van der Waals surface area contributed by atoms with Gasteiger partial charge in [0.2, 0.25) is 0 Å². The van der Waals surface area contributed by atoms with Gasteiger partial charge in [-0.1, -0.05) is 0 Å². The number of ether oxygens (including phenoxy) is 1. The van der Waals surface area contributed by atoms with E-state index >= 15 is 0 Å². The Hall–Kier alpha value is -1.75. The monoisotopic (exact) mass is 267 g/mol. The Labute approximate surface area is 113 Å². The standard InChI is InChI=1S/C14H21NO4/c1-10(2)15(7-4-8-16)14(18)12-9-11(19-3)5-6-13(12)17/h5-6,9-10,16-17H,4,7-8H2,1-3H3. The highest BCUT2D eigenvalue weighted by molar-refractivity contribution is 5.97. The molecule has 0 aliphatic heterocycles. The van der Waals surface area contributed by atoms with Gasteiger partial charge in [-0.25, -0.2) is 0 Å². The summed E-state index contributed by atoms with van der Waals surface area (Å²) in [4.78, 5) is 14.0. The second kappa shape index (κ2) is 6.99. The lowest BCUT2D eigenvalue weighted by Gasteiger charge is -2.27. The average molecular weight is 267 g/mol. The van der Waals surface area contributed by atoms with Crippen LogP contribution in [0.5, 0.6) is 11.5 Å². The van der Waals surface area contributed by atoms with E-state index in [4.69, 9.17) is 9.84 Å². The predicted octanol–water partition coefficient (Wildman–Crippen LogP) is 1.63. The molecule has 1 rings (SSSR count). The first-order valence-corrected chi connectivity index (χ1v) is 6.30. The summed E-state index contributed by atoms with van der Waals surface area (Å²) in [6.45, 7) is 4.27. The van der Waals surface area contributed by atoms with Crippen molar-refractivity contribution in [1.82, 2.24) is 4.90 Å². The van der Waals surface area contributed by atoms with E-state index in [2.05, 4.69) is 0 Å². The summed E-state index contributed by atoms with van der Waals surface area (Å²) in [5.74, 6) is 0.187. The van der Waals surface area contributed by atoms with Crippen LogP contribution in [-0.4, -0.2) is 47.3 Å². The molecule has 0 radical (unpaired) electrons. The molecule has 1 amide bonds. The fourth-order valence-corrected chi connectivity index (χ4v) is 1.80. The normalized spacial score (nSPS) is 10.6. The molecule has 0 saturated carbocycles. The third-order valence-corrected chi connectivity index (χ3v) is 2.88. The van der Waals surface area contributed by atoms with E-state index in [1.54, 1.807) is 11.0 Å². The van der Waals surface area contributed by atoms with Crippen molar-refractivity contribution in [2.45, 2.75) is 26.3 Å². The van der Waals surface area contributed by atoms with Crippen LogP contribution in [0, 0.1) is 0 Å². The van der Waals surface area contributed by atoms with Crippen LogP contribution in [0.15, 0.2) is 18.2 Å². The van der Waals surface area contributed by atoms with Gasteiger partial charge in [-0.2, -0.15) is 0 Å². The fraction of sp³-hybridized carbons (Fsp3) is 0.500. The lowest BCUT2D eigenvalue weighted by Crippen LogP contribution is -2.38. The lowest BCUT2D eigenvalue weighted by atomic mass is 10.1. The summed E-state index contributed by atoms with van der Waals surface area (Å²) in [6, 6.07) is 4.55. The predicted molar refractivity (Wildman–Crippen MR) is 72.5 cm³/mol. The van der Waals surface area contributed by atoms with Crippen molar-refractivity contribution in [2.24, 2.45) is 0 Å². The van der Waals surface area contributed by atoms with E-state index in [0.29, 0.717) is 18.7 Å². The van der Waals surface area contributed by atoms with Crippen molar-refractivity contribution in [3.05, 3.63) is 23.8 Å². The number of phenols is 1. The van der Waals surface area contributed by atoms with Gasteiger partial charge in [-0.15, -0.1) is 0 Å². The third kappa shape index (κ3) is 3.86. The fourth-order valence-electron chi connectivity index (χ4n) is 1.80. The van der Waals surface area contributed by atoms with Gasteiger partial charge in [0, 0.05) is 19.2 Å². The number of benzene rings is 1. The van der Waals surface area contributed by atoms with E-state index in [0.717, 1.165) is 0 Å². The summed E-state index contributed by atoms with van der Waals surface area (Å²) in [7, 11) is 1.51. The number of methoxy groups -OCH3 is 1. The van der Waals surface area contributed by atoms with Gasteiger partial charge in [0.05, 0.1) is 12.7 Å². The first-order chi connectivity index (χ1) is 9.01. The molecule has 0 aliphatic rings. The molecule has 0 bridgehead atoms. The zero-order valence-corrected chi connectivity index (χ0v) is 11.6. The maximum Gasteiger partial charge on any atom is 0.257 e. The molecule has 1 aromatic rings. The highest BCUT2D eigenvalue weighted by Gasteiger charge is 2.21. The quantitative estimate of drug-likeness (QED) is 0.822. The van der Waals surface area contributed by atoms with Crippen LogP contribution in [0.1, 0.15) is 30.6 Å². The summed E-state index contributed by atoms with van der Waals surface area (Å²) in [5, 5.41) is 18.7. The van der Waals surface area contributed by atoms with Crippen LogP contribution in [0.4, 0.5) is 0 Å². The van der Waals surface area contributed by atoms with Crippen LogP contribution < -0.4 is 4.74 Å². The molecule has 1 aromatic carbocycles. The maximum atomic E-state index is 12.4. The third-order valence-electron chi connectivity index (χ3n) is 2.88. The molecular formula is C14H21NO4. The van der Waals surface area contributed by atoms with E-state index < -0.39 is 0 Å². The highest BCUT2D eigenvalue weighted by atomic mass is 16.5. The molecule has 0 aliphatic carbocycles. The van der Waals surface area contributed by atoms with Crippen LogP contribution >= 0.6 is 0 Å². The van der Waals surface area contributed by atoms with Crippen molar-refractivity contribution < 1.29 is 19.7 Å². The molecule has 0 atom stereocenters. The zero-order chi connectivity index (χ0) is 14.4. The van der Waals surface area contributed by atoms with E-state index in [1.807, 2.05) is 13.8 Å². The molecule has 0 saturated heterocycles. The Morgan fingerprint density at radius 1 is 1.42 bits per heavy atom.